The average Bonchev–Trinajstić information content (AvgIpc) is 1.37. The van der Waals surface area contributed by atoms with Crippen LogP contribution < -0.4 is 11.0 Å². The van der Waals surface area contributed by atoms with Crippen molar-refractivity contribution in [3.05, 3.63) is 0 Å². The molecular weight excluding hydrogens is 54.8 g/mol. The fourth-order valence-electron chi connectivity index (χ4n) is 0. The van der Waals surface area contributed by atoms with Gasteiger partial charge in [-0.25, -0.2) is 5.39 Å². The molecule has 0 aromatic rings. The molecule has 0 spiro atoms. The largest absolute Gasteiger partial charge is 0.358 e. The van der Waals surface area contributed by atoms with Crippen LogP contribution in [0.1, 0.15) is 0 Å². The van der Waals surface area contributed by atoms with Gasteiger partial charge in [-0.3, -0.25) is 0 Å². The van der Waals surface area contributed by atoms with Crippen molar-refractivity contribution < 1.29 is 5.21 Å². The van der Waals surface area contributed by atoms with Crippen LogP contribution in [-0.4, -0.2) is 12.8 Å². The highest BCUT2D eigenvalue weighted by atomic mass is 16.4. The fraction of sp³-hybridized carbons (Fsp3) is 0. The third-order valence-electron chi connectivity index (χ3n) is 0.0745. The van der Waals surface area contributed by atoms with Gasteiger partial charge in [-0.15, -0.1) is 0 Å². The van der Waals surface area contributed by atoms with E-state index in [2.05, 4.69) is 5.64 Å². The average molecular weight is 58.9 g/mol. The SMILES string of the molecule is N[B]NO. The highest BCUT2D eigenvalue weighted by Gasteiger charge is 1.60. The maximum Gasteiger partial charge on any atom is 0.332 e. The molecule has 4 heavy (non-hydrogen) atoms. The van der Waals surface area contributed by atoms with Crippen LogP contribution in [0.25, 0.3) is 0 Å². The van der Waals surface area contributed by atoms with E-state index in [0.717, 1.165) is 7.55 Å². The zero-order valence-corrected chi connectivity index (χ0v) is 2.10. The Labute approximate surface area is 25.0 Å². The molecule has 0 aliphatic rings. The van der Waals surface area contributed by atoms with E-state index in [1.165, 1.54) is 0 Å². The third-order valence-corrected chi connectivity index (χ3v) is 0.0745. The minimum atomic E-state index is 0.931. The summed E-state index contributed by atoms with van der Waals surface area (Å²) in [5.41, 5.74) is 4.54. The zero-order valence-electron chi connectivity index (χ0n) is 2.10. The lowest BCUT2D eigenvalue weighted by Gasteiger charge is -1.71. The predicted octanol–water partition coefficient (Wildman–Crippen LogP) is -1.54. The van der Waals surface area contributed by atoms with Gasteiger partial charge < -0.3 is 10.9 Å². The van der Waals surface area contributed by atoms with Crippen LogP contribution >= 0.6 is 0 Å². The standard InChI is InChI=1S/BH4N2O/c2-1-3-4/h3-4H,2H2. The molecule has 0 aliphatic heterocycles. The Morgan fingerprint density at radius 1 is 2.00 bits per heavy atom. The van der Waals surface area contributed by atoms with Crippen LogP contribution in [0.15, 0.2) is 0 Å². The Morgan fingerprint density at radius 3 is 2.25 bits per heavy atom. The molecule has 0 aromatic heterocycles. The lowest BCUT2D eigenvalue weighted by molar-refractivity contribution is 0.245. The van der Waals surface area contributed by atoms with Crippen molar-refractivity contribution in [1.29, 1.82) is 0 Å². The summed E-state index contributed by atoms with van der Waals surface area (Å²) < 4.78 is 0. The van der Waals surface area contributed by atoms with E-state index in [1.807, 2.05) is 0 Å². The summed E-state index contributed by atoms with van der Waals surface area (Å²) in [4.78, 5) is 0. The molecular formula is H4BN2O. The van der Waals surface area contributed by atoms with Crippen LogP contribution in [0.3, 0.4) is 0 Å². The molecule has 4 heteroatoms. The number of nitrogens with two attached hydrogens (primary N) is 1. The minimum Gasteiger partial charge on any atom is -0.358 e. The van der Waals surface area contributed by atoms with Gasteiger partial charge in [0.25, 0.3) is 0 Å². The van der Waals surface area contributed by atoms with E-state index in [0.29, 0.717) is 0 Å². The summed E-state index contributed by atoms with van der Waals surface area (Å²) in [6.07, 6.45) is 0. The quantitative estimate of drug-likeness (QED) is 0.253. The zero-order chi connectivity index (χ0) is 3.41. The van der Waals surface area contributed by atoms with Gasteiger partial charge in [0.05, 0.1) is 0 Å². The third kappa shape index (κ3) is 1.94. The summed E-state index contributed by atoms with van der Waals surface area (Å²) in [6.45, 7) is 0. The van der Waals surface area contributed by atoms with Gasteiger partial charge in [-0.2, -0.15) is 0 Å². The second-order valence-electron chi connectivity index (χ2n) is 0.296. The Morgan fingerprint density at radius 2 is 2.25 bits per heavy atom. The molecule has 3 nitrogen and oxygen atoms in total. The molecule has 0 aliphatic carbocycles. The van der Waals surface area contributed by atoms with Gasteiger partial charge in [-0.1, -0.05) is 0 Å². The number of hydrogen-bond donors (Lipinski definition) is 3. The molecule has 0 bridgehead atoms. The van der Waals surface area contributed by atoms with Crippen LogP contribution in [0, 0.1) is 0 Å². The lowest BCUT2D eigenvalue weighted by atomic mass is 10.3. The Kier molecular flexibility index (Phi) is 2.90. The van der Waals surface area contributed by atoms with E-state index < -0.39 is 0 Å². The van der Waals surface area contributed by atoms with E-state index in [1.54, 1.807) is 5.39 Å². The van der Waals surface area contributed by atoms with Gasteiger partial charge in [0, 0.05) is 0 Å². The van der Waals surface area contributed by atoms with Gasteiger partial charge >= 0.3 is 7.55 Å². The molecule has 4 N–H and O–H groups in total. The maximum absolute atomic E-state index is 7.44. The van der Waals surface area contributed by atoms with Crippen molar-refractivity contribution in [3.8, 4) is 0 Å². The van der Waals surface area contributed by atoms with Crippen LogP contribution in [-0.2, 0) is 0 Å². The van der Waals surface area contributed by atoms with E-state index in [-0.39, 0.29) is 0 Å². The molecule has 0 rings (SSSR count). The summed E-state index contributed by atoms with van der Waals surface area (Å²) in [5, 5.41) is 9.03. The Hall–Kier alpha value is -0.0551. The molecule has 1 radical (unpaired) electrons. The topological polar surface area (TPSA) is 58.3 Å². The van der Waals surface area contributed by atoms with Crippen LogP contribution in [0.2, 0.25) is 0 Å². The van der Waals surface area contributed by atoms with Crippen molar-refractivity contribution in [2.24, 2.45) is 5.64 Å². The predicted molar refractivity (Wildman–Crippen MR) is 14.9 cm³/mol. The van der Waals surface area contributed by atoms with E-state index >= 15 is 0 Å². The van der Waals surface area contributed by atoms with Crippen molar-refractivity contribution in [3.63, 3.8) is 0 Å². The highest BCUT2D eigenvalue weighted by molar-refractivity contribution is 6.26. The number of rotatable bonds is 1. The Balaban J connectivity index is 1.97. The summed E-state index contributed by atoms with van der Waals surface area (Å²) in [6, 6.07) is 0. The molecule has 0 saturated heterocycles. The van der Waals surface area contributed by atoms with Crippen molar-refractivity contribution in [2.45, 2.75) is 0 Å². The second kappa shape index (κ2) is 2.94. The molecule has 23 valence electrons. The van der Waals surface area contributed by atoms with E-state index in [9.17, 15) is 0 Å². The summed E-state index contributed by atoms with van der Waals surface area (Å²) in [7, 11) is 0.931. The fourth-order valence-corrected chi connectivity index (χ4v) is 0. The molecule has 0 fully saturated rings. The molecule has 0 amide bonds. The normalized spacial score (nSPS) is 6.50. The molecule has 0 saturated carbocycles. The molecule has 0 aromatic carbocycles. The van der Waals surface area contributed by atoms with E-state index in [4.69, 9.17) is 5.21 Å². The summed E-state index contributed by atoms with van der Waals surface area (Å²) >= 11 is 0. The van der Waals surface area contributed by atoms with Crippen LogP contribution in [0.5, 0.6) is 0 Å². The smallest absolute Gasteiger partial charge is 0.332 e. The van der Waals surface area contributed by atoms with Crippen LogP contribution in [0.4, 0.5) is 0 Å². The first-order chi connectivity index (χ1) is 1.91. The van der Waals surface area contributed by atoms with Gasteiger partial charge in [0.1, 0.15) is 0 Å². The van der Waals surface area contributed by atoms with Gasteiger partial charge in [0.2, 0.25) is 0 Å². The first kappa shape index (κ1) is 3.94. The van der Waals surface area contributed by atoms with Crippen molar-refractivity contribution >= 4 is 7.55 Å². The number of nitrogens with one attached hydrogen (secondary N) is 1. The monoisotopic (exact) mass is 59.0 g/mol. The number of hydrogen-bond acceptors (Lipinski definition) is 3. The summed E-state index contributed by atoms with van der Waals surface area (Å²) in [5.74, 6) is 0. The van der Waals surface area contributed by atoms with Crippen molar-refractivity contribution in [2.75, 3.05) is 0 Å². The second-order valence-corrected chi connectivity index (χ2v) is 0.296. The molecule has 0 atom stereocenters. The first-order valence-electron chi connectivity index (χ1n) is 0.846. The Bertz CT molecular complexity index is 8.00. The first-order valence-corrected chi connectivity index (χ1v) is 0.846. The minimum absolute atomic E-state index is 0.931. The maximum atomic E-state index is 7.44. The van der Waals surface area contributed by atoms with Gasteiger partial charge in [0.15, 0.2) is 0 Å². The lowest BCUT2D eigenvalue weighted by Crippen LogP contribution is -2.22. The van der Waals surface area contributed by atoms with Gasteiger partial charge in [-0.05, 0) is 0 Å². The molecule has 0 unspecified atom stereocenters. The van der Waals surface area contributed by atoms with Crippen molar-refractivity contribution in [1.82, 2.24) is 5.39 Å². The molecule has 0 heterocycles. The highest BCUT2D eigenvalue weighted by Crippen LogP contribution is 1.07.